The summed E-state index contributed by atoms with van der Waals surface area (Å²) >= 11 is 0. The van der Waals surface area contributed by atoms with Gasteiger partial charge in [0.15, 0.2) is 0 Å². The van der Waals surface area contributed by atoms with Crippen LogP contribution in [0, 0.1) is 0 Å². The van der Waals surface area contributed by atoms with E-state index in [1.54, 1.807) is 0 Å². The Labute approximate surface area is 148 Å². The maximum atomic E-state index is 9.00. The van der Waals surface area contributed by atoms with Gasteiger partial charge in [0, 0.05) is 40.4 Å². The van der Waals surface area contributed by atoms with Crippen LogP contribution in [0.1, 0.15) is 20.8 Å². The van der Waals surface area contributed by atoms with Gasteiger partial charge in [-0.1, -0.05) is 0 Å². The van der Waals surface area contributed by atoms with Crippen LogP contribution in [0.2, 0.25) is 0 Å². The summed E-state index contributed by atoms with van der Waals surface area (Å²) in [5.41, 5.74) is 5.13. The van der Waals surface area contributed by atoms with Gasteiger partial charge in [-0.05, 0) is 0 Å². The van der Waals surface area contributed by atoms with Crippen molar-refractivity contribution in [3.63, 3.8) is 0 Å². The molecule has 0 aliphatic heterocycles. The molecular weight excluding hydrogens is 300 g/mol. The van der Waals surface area contributed by atoms with E-state index in [4.69, 9.17) is 40.5 Å². The van der Waals surface area contributed by atoms with Gasteiger partial charge >= 0.3 is 37.7 Å². The predicted molar refractivity (Wildman–Crippen MR) is 77.5 cm³/mol. The molecule has 0 bridgehead atoms. The summed E-state index contributed by atoms with van der Waals surface area (Å²) in [5, 5.41) is 33.3. The molecule has 0 aromatic rings. The van der Waals surface area contributed by atoms with E-state index >= 15 is 0 Å². The van der Waals surface area contributed by atoms with Gasteiger partial charge in [0.05, 0.1) is 6.61 Å². The van der Waals surface area contributed by atoms with Gasteiger partial charge in [0.25, 0.3) is 17.9 Å². The number of aliphatic hydroxyl groups is 1. The van der Waals surface area contributed by atoms with Gasteiger partial charge in [-0.25, -0.2) is 0 Å². The maximum absolute atomic E-state index is 9.00. The summed E-state index contributed by atoms with van der Waals surface area (Å²) in [6, 6.07) is 0. The molecule has 0 saturated heterocycles. The Bertz CT molecular complexity index is 183. The average Bonchev–Trinajstić information content (AvgIpc) is 2.15. The van der Waals surface area contributed by atoms with Crippen LogP contribution >= 0.6 is 0 Å². The molecule has 7 N–H and O–H groups in total. The summed E-state index contributed by atoms with van der Waals surface area (Å²) in [7, 11) is 0. The Hall–Kier alpha value is -0.450. The van der Waals surface area contributed by atoms with Crippen molar-refractivity contribution < 1.29 is 34.8 Å². The fourth-order valence-corrected chi connectivity index (χ4v) is 0.306. The molecule has 0 heterocycles. The minimum absolute atomic E-state index is 0. The molecule has 0 fully saturated rings. The second-order valence-electron chi connectivity index (χ2n) is 2.82. The first kappa shape index (κ1) is 31.8. The van der Waals surface area contributed by atoms with E-state index in [9.17, 15) is 0 Å². The molecular formula is C10H26CaN2O7. The molecule has 0 radical (unpaired) electrons. The fraction of sp³-hybridized carbons (Fsp3) is 0.700. The van der Waals surface area contributed by atoms with E-state index in [2.05, 4.69) is 5.32 Å². The zero-order valence-corrected chi connectivity index (χ0v) is 11.4. The van der Waals surface area contributed by atoms with Crippen LogP contribution in [0.3, 0.4) is 0 Å². The third-order valence-corrected chi connectivity index (χ3v) is 0.610. The fourth-order valence-electron chi connectivity index (χ4n) is 0.306. The van der Waals surface area contributed by atoms with Crippen LogP contribution in [0.25, 0.3) is 0 Å². The number of carboxylic acid groups (broad SMARTS) is 3. The van der Waals surface area contributed by atoms with Crippen LogP contribution in [-0.2, 0) is 14.4 Å². The number of rotatable bonds is 4. The first-order chi connectivity index (χ1) is 8.61. The summed E-state index contributed by atoms with van der Waals surface area (Å²) in [5.74, 6) is -2.50. The van der Waals surface area contributed by atoms with Crippen molar-refractivity contribution >= 4 is 55.6 Å². The molecule has 9 nitrogen and oxygen atoms in total. The normalized spacial score (nSPS) is 7.05. The second-order valence-corrected chi connectivity index (χ2v) is 2.82. The van der Waals surface area contributed by atoms with Gasteiger partial charge in [-0.2, -0.15) is 0 Å². The van der Waals surface area contributed by atoms with Gasteiger partial charge in [-0.15, -0.1) is 0 Å². The zero-order chi connectivity index (χ0) is 16.3. The summed E-state index contributed by atoms with van der Waals surface area (Å²) in [6.07, 6.45) is 0. The molecule has 20 heavy (non-hydrogen) atoms. The Balaban J connectivity index is -0.0000000512. The molecule has 0 saturated carbocycles. The van der Waals surface area contributed by atoms with Gasteiger partial charge in [0.1, 0.15) is 0 Å². The topological polar surface area (TPSA) is 170 Å². The van der Waals surface area contributed by atoms with Crippen molar-refractivity contribution in [2.75, 3.05) is 26.2 Å². The third-order valence-electron chi connectivity index (χ3n) is 0.610. The standard InChI is InChI=1S/C4H12N2O.3C2H4O2.Ca.2H/c5-1-2-6-3-4-7;3*1-2(3)4;;;/h6-7H,1-5H2;3*1H3,(H,3,4);;;. The Morgan fingerprint density at radius 3 is 1.30 bits per heavy atom. The molecule has 0 aliphatic rings. The summed E-state index contributed by atoms with van der Waals surface area (Å²) < 4.78 is 0. The van der Waals surface area contributed by atoms with Crippen LogP contribution in [0.5, 0.6) is 0 Å². The second kappa shape index (κ2) is 31.1. The van der Waals surface area contributed by atoms with Crippen LogP contribution in [0.15, 0.2) is 0 Å². The van der Waals surface area contributed by atoms with Crippen LogP contribution in [0.4, 0.5) is 0 Å². The van der Waals surface area contributed by atoms with Crippen molar-refractivity contribution in [3.8, 4) is 0 Å². The first-order valence-electron chi connectivity index (χ1n) is 5.21. The molecule has 0 unspecified atom stereocenters. The predicted octanol–water partition coefficient (Wildman–Crippen LogP) is -2.12. The Morgan fingerprint density at radius 1 is 0.900 bits per heavy atom. The monoisotopic (exact) mass is 326 g/mol. The number of carbonyl (C=O) groups is 3. The Morgan fingerprint density at radius 2 is 1.15 bits per heavy atom. The van der Waals surface area contributed by atoms with Crippen molar-refractivity contribution in [1.29, 1.82) is 0 Å². The SMILES string of the molecule is CC(=O)O.CC(=O)O.CC(=O)O.NCCNCCO.[CaH2]. The van der Waals surface area contributed by atoms with Gasteiger partial charge in [0.2, 0.25) is 0 Å². The number of hydrogen-bond donors (Lipinski definition) is 6. The molecule has 0 aromatic carbocycles. The number of nitrogens with two attached hydrogens (primary N) is 1. The molecule has 10 heteroatoms. The van der Waals surface area contributed by atoms with Crippen LogP contribution < -0.4 is 11.1 Å². The van der Waals surface area contributed by atoms with E-state index in [0.717, 1.165) is 27.3 Å². The van der Waals surface area contributed by atoms with E-state index in [0.29, 0.717) is 13.1 Å². The van der Waals surface area contributed by atoms with Crippen LogP contribution in [-0.4, -0.2) is 102 Å². The third kappa shape index (κ3) is 381. The molecule has 0 amide bonds. The van der Waals surface area contributed by atoms with Crippen molar-refractivity contribution in [2.24, 2.45) is 5.73 Å². The quantitative estimate of drug-likeness (QED) is 0.250. The molecule has 0 spiro atoms. The Kier molecular flexibility index (Phi) is 49.4. The van der Waals surface area contributed by atoms with Gasteiger partial charge in [-0.3, -0.25) is 14.4 Å². The van der Waals surface area contributed by atoms with E-state index in [1.807, 2.05) is 0 Å². The zero-order valence-electron chi connectivity index (χ0n) is 11.4. The number of carboxylic acids is 3. The van der Waals surface area contributed by atoms with Crippen molar-refractivity contribution in [2.45, 2.75) is 20.8 Å². The molecule has 0 aliphatic carbocycles. The van der Waals surface area contributed by atoms with Crippen molar-refractivity contribution in [3.05, 3.63) is 0 Å². The van der Waals surface area contributed by atoms with Gasteiger partial charge < -0.3 is 31.5 Å². The summed E-state index contributed by atoms with van der Waals surface area (Å²) in [6.45, 7) is 5.53. The van der Waals surface area contributed by atoms with Crippen molar-refractivity contribution in [1.82, 2.24) is 5.32 Å². The average molecular weight is 326 g/mol. The number of hydrogen-bond acceptors (Lipinski definition) is 6. The first-order valence-corrected chi connectivity index (χ1v) is 5.21. The summed E-state index contributed by atoms with van der Waals surface area (Å²) in [4.78, 5) is 27.0. The molecule has 0 aromatic heterocycles. The molecule has 0 rings (SSSR count). The van der Waals surface area contributed by atoms with E-state index in [-0.39, 0.29) is 44.3 Å². The molecule has 120 valence electrons. The number of aliphatic hydroxyl groups excluding tert-OH is 1. The number of nitrogens with one attached hydrogen (secondary N) is 1. The van der Waals surface area contributed by atoms with E-state index in [1.165, 1.54) is 0 Å². The van der Waals surface area contributed by atoms with E-state index < -0.39 is 17.9 Å². The number of aliphatic carboxylic acids is 3. The molecule has 0 atom stereocenters. The minimum atomic E-state index is -0.833.